The Balaban J connectivity index is 0.00000324. The van der Waals surface area contributed by atoms with Crippen LogP contribution in [0.5, 0.6) is 0 Å². The van der Waals surface area contributed by atoms with Crippen LogP contribution >= 0.6 is 12.4 Å². The first-order valence-electron chi connectivity index (χ1n) is 5.72. The van der Waals surface area contributed by atoms with Gasteiger partial charge in [-0.3, -0.25) is 0 Å². The van der Waals surface area contributed by atoms with Gasteiger partial charge in [-0.05, 0) is 31.2 Å². The Morgan fingerprint density at radius 2 is 2.00 bits per heavy atom. The van der Waals surface area contributed by atoms with Crippen LogP contribution in [-0.4, -0.2) is 28.1 Å². The predicted octanol–water partition coefficient (Wildman–Crippen LogP) is 1.18. The van der Waals surface area contributed by atoms with Crippen molar-refractivity contribution in [2.24, 2.45) is 0 Å². The second-order valence-corrected chi connectivity index (χ2v) is 5.58. The molecule has 0 unspecified atom stereocenters. The largest absolute Gasteiger partial charge is 0.316 e. The van der Waals surface area contributed by atoms with E-state index in [0.29, 0.717) is 24.2 Å². The summed E-state index contributed by atoms with van der Waals surface area (Å²) in [5.74, 6) is 0. The molecule has 106 valence electrons. The average Bonchev–Trinajstić information content (AvgIpc) is 2.35. The molecule has 0 saturated carbocycles. The summed E-state index contributed by atoms with van der Waals surface area (Å²) in [6.07, 6.45) is 0. The van der Waals surface area contributed by atoms with Crippen molar-refractivity contribution in [1.29, 1.82) is 5.26 Å². The molecule has 1 aromatic rings. The maximum atomic E-state index is 12.0. The summed E-state index contributed by atoms with van der Waals surface area (Å²) in [7, 11) is -3.55. The maximum Gasteiger partial charge on any atom is 0.240 e. The number of aryl methyl sites for hydroxylation is 1. The minimum Gasteiger partial charge on any atom is -0.316 e. The van der Waals surface area contributed by atoms with Crippen LogP contribution in [0.4, 0.5) is 0 Å². The molecule has 0 saturated heterocycles. The van der Waals surface area contributed by atoms with Crippen LogP contribution < -0.4 is 10.0 Å². The van der Waals surface area contributed by atoms with Crippen molar-refractivity contribution in [1.82, 2.24) is 10.0 Å². The zero-order valence-electron chi connectivity index (χ0n) is 10.9. The van der Waals surface area contributed by atoms with E-state index < -0.39 is 10.0 Å². The number of hydrogen-bond acceptors (Lipinski definition) is 4. The molecule has 0 aliphatic heterocycles. The molecule has 0 aliphatic rings. The zero-order valence-corrected chi connectivity index (χ0v) is 12.6. The summed E-state index contributed by atoms with van der Waals surface area (Å²) >= 11 is 0. The van der Waals surface area contributed by atoms with E-state index in [4.69, 9.17) is 5.26 Å². The monoisotopic (exact) mass is 303 g/mol. The molecule has 0 amide bonds. The van der Waals surface area contributed by atoms with Gasteiger partial charge in [0, 0.05) is 13.1 Å². The number of halogens is 1. The Bertz CT molecular complexity index is 553. The van der Waals surface area contributed by atoms with Crippen molar-refractivity contribution in [3.05, 3.63) is 29.3 Å². The van der Waals surface area contributed by atoms with Gasteiger partial charge >= 0.3 is 0 Å². The van der Waals surface area contributed by atoms with Crippen LogP contribution in [0.1, 0.15) is 18.1 Å². The van der Waals surface area contributed by atoms with Gasteiger partial charge in [-0.1, -0.05) is 13.0 Å². The number of nitriles is 1. The van der Waals surface area contributed by atoms with Gasteiger partial charge in [0.15, 0.2) is 0 Å². The van der Waals surface area contributed by atoms with Crippen molar-refractivity contribution in [3.63, 3.8) is 0 Å². The molecule has 2 N–H and O–H groups in total. The second-order valence-electron chi connectivity index (χ2n) is 3.84. The number of hydrogen-bond donors (Lipinski definition) is 2. The molecule has 0 fully saturated rings. The molecule has 1 aromatic carbocycles. The van der Waals surface area contributed by atoms with Gasteiger partial charge in [-0.2, -0.15) is 5.26 Å². The molecule has 0 bridgehead atoms. The second kappa shape index (κ2) is 8.12. The van der Waals surface area contributed by atoms with Crippen LogP contribution in [0.25, 0.3) is 0 Å². The van der Waals surface area contributed by atoms with E-state index in [1.54, 1.807) is 19.1 Å². The van der Waals surface area contributed by atoms with E-state index >= 15 is 0 Å². The summed E-state index contributed by atoms with van der Waals surface area (Å²) in [6, 6.07) is 6.57. The molecule has 5 nitrogen and oxygen atoms in total. The summed E-state index contributed by atoms with van der Waals surface area (Å²) in [4.78, 5) is 0.165. The van der Waals surface area contributed by atoms with Gasteiger partial charge in [0.2, 0.25) is 10.0 Å². The zero-order chi connectivity index (χ0) is 13.6. The van der Waals surface area contributed by atoms with E-state index in [-0.39, 0.29) is 17.3 Å². The summed E-state index contributed by atoms with van der Waals surface area (Å²) < 4.78 is 26.6. The van der Waals surface area contributed by atoms with Gasteiger partial charge in [0.1, 0.15) is 0 Å². The highest BCUT2D eigenvalue weighted by Gasteiger charge is 2.16. The fourth-order valence-electron chi connectivity index (χ4n) is 1.49. The third-order valence-electron chi connectivity index (χ3n) is 2.45. The molecule has 0 heterocycles. The Labute approximate surface area is 120 Å². The highest BCUT2D eigenvalue weighted by Crippen LogP contribution is 2.16. The van der Waals surface area contributed by atoms with Crippen LogP contribution in [-0.2, 0) is 10.0 Å². The molecule has 19 heavy (non-hydrogen) atoms. The van der Waals surface area contributed by atoms with Crippen LogP contribution in [0.3, 0.4) is 0 Å². The lowest BCUT2D eigenvalue weighted by Gasteiger charge is -2.09. The molecule has 0 atom stereocenters. The first kappa shape index (κ1) is 17.9. The van der Waals surface area contributed by atoms with Crippen LogP contribution in [0.15, 0.2) is 23.1 Å². The lowest BCUT2D eigenvalue weighted by molar-refractivity contribution is 0.577. The van der Waals surface area contributed by atoms with E-state index in [0.717, 1.165) is 6.54 Å². The maximum absolute atomic E-state index is 12.0. The smallest absolute Gasteiger partial charge is 0.240 e. The van der Waals surface area contributed by atoms with E-state index in [1.165, 1.54) is 6.07 Å². The lowest BCUT2D eigenvalue weighted by Crippen LogP contribution is -2.32. The van der Waals surface area contributed by atoms with E-state index in [9.17, 15) is 8.42 Å². The lowest BCUT2D eigenvalue weighted by atomic mass is 10.2. The highest BCUT2D eigenvalue weighted by molar-refractivity contribution is 7.89. The SMILES string of the molecule is CCNCCNS(=O)(=O)c1cc(C#N)ccc1C.Cl. The molecule has 0 radical (unpaired) electrons. The average molecular weight is 304 g/mol. The van der Waals surface area contributed by atoms with Gasteiger partial charge in [0.05, 0.1) is 16.5 Å². The van der Waals surface area contributed by atoms with Gasteiger partial charge in [-0.25, -0.2) is 13.1 Å². The van der Waals surface area contributed by atoms with Crippen molar-refractivity contribution in [2.75, 3.05) is 19.6 Å². The van der Waals surface area contributed by atoms with Gasteiger partial charge < -0.3 is 5.32 Å². The number of sulfonamides is 1. The fourth-order valence-corrected chi connectivity index (χ4v) is 2.79. The number of likely N-dealkylation sites (N-methyl/N-ethyl adjacent to an activating group) is 1. The number of rotatable bonds is 6. The van der Waals surface area contributed by atoms with Crippen molar-refractivity contribution >= 4 is 22.4 Å². The van der Waals surface area contributed by atoms with Crippen molar-refractivity contribution in [3.8, 4) is 6.07 Å². The van der Waals surface area contributed by atoms with Crippen molar-refractivity contribution in [2.45, 2.75) is 18.7 Å². The summed E-state index contributed by atoms with van der Waals surface area (Å²) in [6.45, 7) is 5.36. The number of benzene rings is 1. The first-order chi connectivity index (χ1) is 8.51. The third kappa shape index (κ3) is 5.17. The summed E-state index contributed by atoms with van der Waals surface area (Å²) in [5.41, 5.74) is 0.970. The van der Waals surface area contributed by atoms with Crippen LogP contribution in [0.2, 0.25) is 0 Å². The van der Waals surface area contributed by atoms with Crippen molar-refractivity contribution < 1.29 is 8.42 Å². The Kier molecular flexibility index (Phi) is 7.64. The third-order valence-corrected chi connectivity index (χ3v) is 4.05. The molecule has 0 spiro atoms. The molecule has 0 aromatic heterocycles. The minimum absolute atomic E-state index is 0. The quantitative estimate of drug-likeness (QED) is 0.773. The Morgan fingerprint density at radius 1 is 1.32 bits per heavy atom. The normalized spacial score (nSPS) is 10.6. The molecule has 1 rings (SSSR count). The van der Waals surface area contributed by atoms with Gasteiger partial charge in [-0.15, -0.1) is 12.4 Å². The Morgan fingerprint density at radius 3 is 2.58 bits per heavy atom. The molecular formula is C12H18ClN3O2S. The predicted molar refractivity (Wildman–Crippen MR) is 76.9 cm³/mol. The van der Waals surface area contributed by atoms with Gasteiger partial charge in [0.25, 0.3) is 0 Å². The van der Waals surface area contributed by atoms with Crippen LogP contribution in [0, 0.1) is 18.3 Å². The van der Waals surface area contributed by atoms with E-state index in [2.05, 4.69) is 10.0 Å². The topological polar surface area (TPSA) is 82.0 Å². The summed E-state index contributed by atoms with van der Waals surface area (Å²) in [5, 5.41) is 11.8. The highest BCUT2D eigenvalue weighted by atomic mass is 35.5. The Hall–Kier alpha value is -1.13. The number of nitrogens with one attached hydrogen (secondary N) is 2. The first-order valence-corrected chi connectivity index (χ1v) is 7.20. The molecular weight excluding hydrogens is 286 g/mol. The molecule has 0 aliphatic carbocycles. The molecule has 7 heteroatoms. The van der Waals surface area contributed by atoms with E-state index in [1.807, 2.05) is 13.0 Å². The standard InChI is InChI=1S/C12H17N3O2S.ClH/c1-3-14-6-7-15-18(16,17)12-8-11(9-13)5-4-10(12)2;/h4-5,8,14-15H,3,6-7H2,1-2H3;1H. The number of nitrogens with zero attached hydrogens (tertiary/aromatic N) is 1. The minimum atomic E-state index is -3.55. The fraction of sp³-hybridized carbons (Fsp3) is 0.417.